The lowest BCUT2D eigenvalue weighted by Crippen LogP contribution is -2.24. The van der Waals surface area contributed by atoms with Crippen LogP contribution >= 0.6 is 0 Å². The summed E-state index contributed by atoms with van der Waals surface area (Å²) in [5, 5.41) is 0. The zero-order valence-electron chi connectivity index (χ0n) is 8.02. The van der Waals surface area contributed by atoms with E-state index in [0.717, 1.165) is 6.61 Å². The third-order valence-electron chi connectivity index (χ3n) is 2.11. The van der Waals surface area contributed by atoms with E-state index >= 15 is 0 Å². The first-order valence-corrected chi connectivity index (χ1v) is 4.69. The number of hydrogen-bond donors (Lipinski definition) is 0. The van der Waals surface area contributed by atoms with Crippen LogP contribution in [0.1, 0.15) is 46.5 Å². The first-order valence-electron chi connectivity index (χ1n) is 4.69. The van der Waals surface area contributed by atoms with Crippen LogP contribution in [0.15, 0.2) is 0 Å². The Morgan fingerprint density at radius 2 is 2.00 bits per heavy atom. The molecule has 0 aromatic heterocycles. The van der Waals surface area contributed by atoms with Crippen molar-refractivity contribution in [2.75, 3.05) is 6.61 Å². The molecule has 0 saturated carbocycles. The van der Waals surface area contributed by atoms with Gasteiger partial charge in [-0.25, -0.2) is 0 Å². The molecular weight excluding hydrogens is 136 g/mol. The molecule has 0 spiro atoms. The molecule has 1 atom stereocenters. The number of ether oxygens (including phenoxy) is 1. The summed E-state index contributed by atoms with van der Waals surface area (Å²) >= 11 is 0. The van der Waals surface area contributed by atoms with E-state index < -0.39 is 0 Å². The molecule has 0 unspecified atom stereocenters. The maximum absolute atomic E-state index is 5.65. The molecule has 0 aromatic carbocycles. The van der Waals surface area contributed by atoms with Crippen LogP contribution in [0.2, 0.25) is 0 Å². The SMILES string of the molecule is CC(C)(C)C[C@@H]1CCCCO1. The maximum Gasteiger partial charge on any atom is 0.0580 e. The van der Waals surface area contributed by atoms with Crippen LogP contribution in [0.5, 0.6) is 0 Å². The summed E-state index contributed by atoms with van der Waals surface area (Å²) in [4.78, 5) is 0. The second-order valence-corrected chi connectivity index (χ2v) is 4.75. The molecule has 1 aliphatic heterocycles. The topological polar surface area (TPSA) is 9.23 Å². The molecule has 0 aliphatic carbocycles. The predicted molar refractivity (Wildman–Crippen MR) is 47.7 cm³/mol. The van der Waals surface area contributed by atoms with Crippen LogP contribution in [0.3, 0.4) is 0 Å². The van der Waals surface area contributed by atoms with Crippen LogP contribution in [0.4, 0.5) is 0 Å². The minimum absolute atomic E-state index is 0.433. The van der Waals surface area contributed by atoms with Crippen molar-refractivity contribution in [2.24, 2.45) is 5.41 Å². The summed E-state index contributed by atoms with van der Waals surface area (Å²) in [6, 6.07) is 0. The highest BCUT2D eigenvalue weighted by atomic mass is 16.5. The van der Waals surface area contributed by atoms with Crippen molar-refractivity contribution in [3.8, 4) is 0 Å². The molecule has 1 fully saturated rings. The molecule has 0 N–H and O–H groups in total. The van der Waals surface area contributed by atoms with E-state index in [9.17, 15) is 0 Å². The molecule has 0 radical (unpaired) electrons. The Hall–Kier alpha value is -0.0400. The van der Waals surface area contributed by atoms with E-state index in [1.165, 1.54) is 25.7 Å². The summed E-state index contributed by atoms with van der Waals surface area (Å²) in [5.41, 5.74) is 0.433. The van der Waals surface area contributed by atoms with Crippen LogP contribution < -0.4 is 0 Å². The molecular formula is C10H20O. The van der Waals surface area contributed by atoms with Gasteiger partial charge in [0.2, 0.25) is 0 Å². The highest BCUT2D eigenvalue weighted by Gasteiger charge is 2.20. The Labute approximate surface area is 70.1 Å². The van der Waals surface area contributed by atoms with Crippen molar-refractivity contribution < 1.29 is 4.74 Å². The zero-order valence-corrected chi connectivity index (χ0v) is 8.02. The van der Waals surface area contributed by atoms with Crippen molar-refractivity contribution in [3.05, 3.63) is 0 Å². The van der Waals surface area contributed by atoms with E-state index in [1.54, 1.807) is 0 Å². The summed E-state index contributed by atoms with van der Waals surface area (Å²) in [7, 11) is 0. The molecule has 66 valence electrons. The zero-order chi connectivity index (χ0) is 8.32. The van der Waals surface area contributed by atoms with Gasteiger partial charge in [-0.15, -0.1) is 0 Å². The minimum atomic E-state index is 0.433. The second kappa shape index (κ2) is 3.57. The Bertz CT molecular complexity index is 107. The van der Waals surface area contributed by atoms with Gasteiger partial charge in [-0.3, -0.25) is 0 Å². The lowest BCUT2D eigenvalue weighted by molar-refractivity contribution is -0.00699. The van der Waals surface area contributed by atoms with Gasteiger partial charge in [0.15, 0.2) is 0 Å². The average Bonchev–Trinajstić information content (AvgIpc) is 1.85. The van der Waals surface area contributed by atoms with Crippen molar-refractivity contribution in [3.63, 3.8) is 0 Å². The third kappa shape index (κ3) is 3.76. The quantitative estimate of drug-likeness (QED) is 0.567. The fourth-order valence-corrected chi connectivity index (χ4v) is 1.65. The van der Waals surface area contributed by atoms with E-state index in [0.29, 0.717) is 11.5 Å². The smallest absolute Gasteiger partial charge is 0.0580 e. The van der Waals surface area contributed by atoms with E-state index in [1.807, 2.05) is 0 Å². The Kier molecular flexibility index (Phi) is 2.94. The summed E-state index contributed by atoms with van der Waals surface area (Å²) < 4.78 is 5.65. The van der Waals surface area contributed by atoms with Gasteiger partial charge in [0, 0.05) is 6.61 Å². The molecule has 1 heterocycles. The lowest BCUT2D eigenvalue weighted by atomic mass is 9.87. The highest BCUT2D eigenvalue weighted by Crippen LogP contribution is 2.26. The van der Waals surface area contributed by atoms with Gasteiger partial charge in [-0.1, -0.05) is 20.8 Å². The van der Waals surface area contributed by atoms with E-state index in [4.69, 9.17) is 4.74 Å². The fraction of sp³-hybridized carbons (Fsp3) is 1.00. The Morgan fingerprint density at radius 1 is 1.27 bits per heavy atom. The Morgan fingerprint density at radius 3 is 2.45 bits per heavy atom. The summed E-state index contributed by atoms with van der Waals surface area (Å²) in [5.74, 6) is 0. The Balaban J connectivity index is 2.24. The van der Waals surface area contributed by atoms with Crippen LogP contribution in [-0.2, 0) is 4.74 Å². The van der Waals surface area contributed by atoms with E-state index in [2.05, 4.69) is 20.8 Å². The normalized spacial score (nSPS) is 27.0. The van der Waals surface area contributed by atoms with Crippen molar-refractivity contribution >= 4 is 0 Å². The molecule has 0 amide bonds. The van der Waals surface area contributed by atoms with Crippen molar-refractivity contribution in [1.82, 2.24) is 0 Å². The molecule has 1 saturated heterocycles. The number of hydrogen-bond acceptors (Lipinski definition) is 1. The monoisotopic (exact) mass is 156 g/mol. The largest absolute Gasteiger partial charge is 0.378 e. The summed E-state index contributed by atoms with van der Waals surface area (Å²) in [6.45, 7) is 7.83. The average molecular weight is 156 g/mol. The van der Waals surface area contributed by atoms with Gasteiger partial charge in [0.1, 0.15) is 0 Å². The standard InChI is InChI=1S/C10H20O/c1-10(2,3)8-9-6-4-5-7-11-9/h9H,4-8H2,1-3H3/t9-/m0/s1. The van der Waals surface area contributed by atoms with Gasteiger partial charge in [0.05, 0.1) is 6.10 Å². The number of rotatable bonds is 1. The first kappa shape index (κ1) is 9.05. The van der Waals surface area contributed by atoms with Gasteiger partial charge in [-0.2, -0.15) is 0 Å². The third-order valence-corrected chi connectivity index (χ3v) is 2.11. The van der Waals surface area contributed by atoms with Crippen LogP contribution in [0.25, 0.3) is 0 Å². The minimum Gasteiger partial charge on any atom is -0.378 e. The highest BCUT2D eigenvalue weighted by molar-refractivity contribution is 4.71. The van der Waals surface area contributed by atoms with Gasteiger partial charge < -0.3 is 4.74 Å². The predicted octanol–water partition coefficient (Wildman–Crippen LogP) is 2.99. The van der Waals surface area contributed by atoms with Gasteiger partial charge in [-0.05, 0) is 31.1 Å². The van der Waals surface area contributed by atoms with Crippen molar-refractivity contribution in [1.29, 1.82) is 0 Å². The van der Waals surface area contributed by atoms with Crippen LogP contribution in [-0.4, -0.2) is 12.7 Å². The molecule has 1 aliphatic rings. The molecule has 1 nitrogen and oxygen atoms in total. The summed E-state index contributed by atoms with van der Waals surface area (Å²) in [6.07, 6.45) is 5.66. The maximum atomic E-state index is 5.65. The molecule has 0 bridgehead atoms. The van der Waals surface area contributed by atoms with Gasteiger partial charge in [0.25, 0.3) is 0 Å². The fourth-order valence-electron chi connectivity index (χ4n) is 1.65. The van der Waals surface area contributed by atoms with Crippen LogP contribution in [0, 0.1) is 5.41 Å². The van der Waals surface area contributed by atoms with Gasteiger partial charge >= 0.3 is 0 Å². The first-order chi connectivity index (χ1) is 5.08. The van der Waals surface area contributed by atoms with Crippen molar-refractivity contribution in [2.45, 2.75) is 52.6 Å². The van der Waals surface area contributed by atoms with E-state index in [-0.39, 0.29) is 0 Å². The lowest BCUT2D eigenvalue weighted by Gasteiger charge is -2.28. The molecule has 11 heavy (non-hydrogen) atoms. The molecule has 1 heteroatoms. The molecule has 0 aromatic rings. The second-order valence-electron chi connectivity index (χ2n) is 4.75. The molecule has 1 rings (SSSR count).